The number of anilines is 3. The first kappa shape index (κ1) is 22.2. The van der Waals surface area contributed by atoms with Gasteiger partial charge < -0.3 is 29.3 Å². The van der Waals surface area contributed by atoms with Crippen molar-refractivity contribution in [3.8, 4) is 11.5 Å². The highest BCUT2D eigenvalue weighted by molar-refractivity contribution is 5.95. The zero-order valence-corrected chi connectivity index (χ0v) is 19.3. The van der Waals surface area contributed by atoms with Crippen LogP contribution in [0.1, 0.15) is 6.92 Å². The van der Waals surface area contributed by atoms with Crippen molar-refractivity contribution in [2.24, 2.45) is 0 Å². The largest absolute Gasteiger partial charge is 0.494 e. The molecule has 2 aromatic carbocycles. The van der Waals surface area contributed by atoms with Crippen LogP contribution in [0.4, 0.5) is 17.1 Å². The normalized spacial score (nSPS) is 16.9. The third-order valence-electron chi connectivity index (χ3n) is 6.05. The molecule has 0 saturated carbocycles. The number of pyridine rings is 1. The van der Waals surface area contributed by atoms with Crippen molar-refractivity contribution in [3.63, 3.8) is 0 Å². The summed E-state index contributed by atoms with van der Waals surface area (Å²) in [4.78, 5) is 9.47. The van der Waals surface area contributed by atoms with E-state index in [4.69, 9.17) is 14.2 Å². The van der Waals surface area contributed by atoms with Crippen molar-refractivity contribution in [1.29, 1.82) is 0 Å². The number of hydrogen-bond donors (Lipinski definition) is 1. The van der Waals surface area contributed by atoms with Crippen LogP contribution in [0.3, 0.4) is 0 Å². The number of ether oxygens (including phenoxy) is 3. The fourth-order valence-electron chi connectivity index (χ4n) is 3.98. The first-order valence-corrected chi connectivity index (χ1v) is 11.0. The Bertz CT molecular complexity index is 1060. The molecule has 170 valence electrons. The topological polar surface area (TPSA) is 59.1 Å². The van der Waals surface area contributed by atoms with Crippen LogP contribution in [0, 0.1) is 0 Å². The highest BCUT2D eigenvalue weighted by atomic mass is 16.5. The van der Waals surface area contributed by atoms with Gasteiger partial charge in [0.25, 0.3) is 0 Å². The number of piperazine rings is 1. The molecular formula is C25H32N4O3. The molecule has 7 nitrogen and oxygen atoms in total. The summed E-state index contributed by atoms with van der Waals surface area (Å²) in [6, 6.07) is 14.8. The van der Waals surface area contributed by atoms with Crippen molar-refractivity contribution in [2.45, 2.75) is 13.0 Å². The van der Waals surface area contributed by atoms with Crippen molar-refractivity contribution in [3.05, 3.63) is 48.7 Å². The van der Waals surface area contributed by atoms with E-state index in [0.717, 1.165) is 47.7 Å². The molecule has 1 saturated heterocycles. The van der Waals surface area contributed by atoms with E-state index in [1.165, 1.54) is 5.69 Å². The quantitative estimate of drug-likeness (QED) is 0.532. The lowest BCUT2D eigenvalue weighted by molar-refractivity contribution is 0.146. The molecule has 1 aromatic heterocycles. The number of nitrogens with one attached hydrogen (secondary N) is 1. The van der Waals surface area contributed by atoms with Gasteiger partial charge >= 0.3 is 0 Å². The number of hydrogen-bond acceptors (Lipinski definition) is 7. The Labute approximate surface area is 189 Å². The fraction of sp³-hybridized carbons (Fsp3) is 0.400. The predicted octanol–water partition coefficient (Wildman–Crippen LogP) is 4.15. The molecule has 0 aliphatic carbocycles. The average molecular weight is 437 g/mol. The maximum atomic E-state index is 5.70. The maximum Gasteiger partial charge on any atom is 0.145 e. The monoisotopic (exact) mass is 436 g/mol. The number of aromatic nitrogens is 1. The number of methoxy groups -OCH3 is 2. The minimum atomic E-state index is 0.496. The number of benzene rings is 2. The lowest BCUT2D eigenvalue weighted by Gasteiger charge is -2.39. The molecule has 0 radical (unpaired) electrons. The molecule has 0 bridgehead atoms. The van der Waals surface area contributed by atoms with Crippen LogP contribution in [0.5, 0.6) is 11.5 Å². The van der Waals surface area contributed by atoms with Crippen LogP contribution in [0.2, 0.25) is 0 Å². The van der Waals surface area contributed by atoms with E-state index < -0.39 is 0 Å². The minimum Gasteiger partial charge on any atom is -0.494 e. The summed E-state index contributed by atoms with van der Waals surface area (Å²) in [6.45, 7) is 6.43. The van der Waals surface area contributed by atoms with Crippen molar-refractivity contribution >= 4 is 28.0 Å². The number of nitrogens with zero attached hydrogens (tertiary/aromatic N) is 3. The van der Waals surface area contributed by atoms with Crippen LogP contribution in [0.25, 0.3) is 10.9 Å². The Kier molecular flexibility index (Phi) is 6.97. The van der Waals surface area contributed by atoms with E-state index >= 15 is 0 Å². The SMILES string of the molecule is COCCOc1ccc(Nc2ccnc3cc(N4CCN(C)C(C)C4)ccc23)c(OC)c1. The molecule has 1 unspecified atom stereocenters. The van der Waals surface area contributed by atoms with Gasteiger partial charge in [-0.25, -0.2) is 0 Å². The van der Waals surface area contributed by atoms with Crippen LogP contribution in [0.15, 0.2) is 48.7 Å². The summed E-state index contributed by atoms with van der Waals surface area (Å²) in [5.74, 6) is 1.46. The van der Waals surface area contributed by atoms with E-state index in [0.29, 0.717) is 25.0 Å². The summed E-state index contributed by atoms with van der Waals surface area (Å²) in [5, 5.41) is 4.58. The van der Waals surface area contributed by atoms with Crippen LogP contribution >= 0.6 is 0 Å². The highest BCUT2D eigenvalue weighted by Crippen LogP contribution is 2.34. The molecule has 0 spiro atoms. The van der Waals surface area contributed by atoms with Gasteiger partial charge in [-0.15, -0.1) is 0 Å². The van der Waals surface area contributed by atoms with Gasteiger partial charge in [-0.05, 0) is 50.4 Å². The molecule has 1 aliphatic heterocycles. The van der Waals surface area contributed by atoms with E-state index in [9.17, 15) is 0 Å². The predicted molar refractivity (Wildman–Crippen MR) is 130 cm³/mol. The standard InChI is InChI=1S/C25H32N4O3/c1-18-17-29(12-11-28(18)2)19-5-7-21-22(9-10-26-24(21)15-19)27-23-8-6-20(16-25(23)31-4)32-14-13-30-3/h5-10,15-16,18H,11-14,17H2,1-4H3,(H,26,27). The van der Waals surface area contributed by atoms with E-state index in [1.54, 1.807) is 14.2 Å². The second-order valence-electron chi connectivity index (χ2n) is 8.16. The van der Waals surface area contributed by atoms with Crippen LogP contribution in [-0.4, -0.2) is 70.0 Å². The summed E-state index contributed by atoms with van der Waals surface area (Å²) < 4.78 is 16.3. The smallest absolute Gasteiger partial charge is 0.145 e. The van der Waals surface area contributed by atoms with Crippen molar-refractivity contribution in [1.82, 2.24) is 9.88 Å². The molecule has 32 heavy (non-hydrogen) atoms. The van der Waals surface area contributed by atoms with E-state index in [2.05, 4.69) is 52.3 Å². The van der Waals surface area contributed by atoms with Gasteiger partial charge in [0.2, 0.25) is 0 Å². The van der Waals surface area contributed by atoms with Gasteiger partial charge in [-0.3, -0.25) is 4.98 Å². The Balaban J connectivity index is 1.56. The number of rotatable bonds is 8. The fourth-order valence-corrected chi connectivity index (χ4v) is 3.98. The Morgan fingerprint density at radius 3 is 2.69 bits per heavy atom. The summed E-state index contributed by atoms with van der Waals surface area (Å²) >= 11 is 0. The zero-order chi connectivity index (χ0) is 22.5. The van der Waals surface area contributed by atoms with Gasteiger partial charge in [-0.1, -0.05) is 0 Å². The first-order chi connectivity index (χ1) is 15.6. The lowest BCUT2D eigenvalue weighted by atomic mass is 10.1. The molecule has 1 aliphatic rings. The van der Waals surface area contributed by atoms with E-state index in [1.807, 2.05) is 30.5 Å². The highest BCUT2D eigenvalue weighted by Gasteiger charge is 2.21. The average Bonchev–Trinajstić information content (AvgIpc) is 2.81. The zero-order valence-electron chi connectivity index (χ0n) is 19.3. The number of likely N-dealkylation sites (N-methyl/N-ethyl adjacent to an activating group) is 1. The molecular weight excluding hydrogens is 404 g/mol. The molecule has 2 heterocycles. The lowest BCUT2D eigenvalue weighted by Crippen LogP contribution is -2.50. The van der Waals surface area contributed by atoms with Gasteiger partial charge in [0.1, 0.15) is 18.1 Å². The number of fused-ring (bicyclic) bond motifs is 1. The van der Waals surface area contributed by atoms with Crippen molar-refractivity contribution < 1.29 is 14.2 Å². The second-order valence-corrected chi connectivity index (χ2v) is 8.16. The van der Waals surface area contributed by atoms with Gasteiger partial charge in [-0.2, -0.15) is 0 Å². The molecule has 7 heteroatoms. The van der Waals surface area contributed by atoms with Crippen LogP contribution < -0.4 is 19.7 Å². The summed E-state index contributed by atoms with van der Waals surface area (Å²) in [7, 11) is 5.51. The summed E-state index contributed by atoms with van der Waals surface area (Å²) in [5.41, 5.74) is 4.05. The van der Waals surface area contributed by atoms with Gasteiger partial charge in [0, 0.05) is 61.8 Å². The first-order valence-electron chi connectivity index (χ1n) is 11.0. The minimum absolute atomic E-state index is 0.496. The third kappa shape index (κ3) is 4.89. The third-order valence-corrected chi connectivity index (χ3v) is 6.05. The van der Waals surface area contributed by atoms with Crippen LogP contribution in [-0.2, 0) is 4.74 Å². The molecule has 1 atom stereocenters. The molecule has 3 aromatic rings. The summed E-state index contributed by atoms with van der Waals surface area (Å²) in [6.07, 6.45) is 1.84. The van der Waals surface area contributed by atoms with Gasteiger partial charge in [0.15, 0.2) is 0 Å². The molecule has 0 amide bonds. The van der Waals surface area contributed by atoms with Crippen molar-refractivity contribution in [2.75, 3.05) is 64.3 Å². The Morgan fingerprint density at radius 1 is 1.03 bits per heavy atom. The molecule has 1 fully saturated rings. The Morgan fingerprint density at radius 2 is 1.91 bits per heavy atom. The molecule has 4 rings (SSSR count). The second kappa shape index (κ2) is 10.1. The Hall–Kier alpha value is -3.03. The molecule has 1 N–H and O–H groups in total. The van der Waals surface area contributed by atoms with Gasteiger partial charge in [0.05, 0.1) is 24.9 Å². The maximum absolute atomic E-state index is 5.70. The van der Waals surface area contributed by atoms with E-state index in [-0.39, 0.29) is 0 Å².